The number of carbonyl (C=O) groups excluding carboxylic acids is 3. The summed E-state index contributed by atoms with van der Waals surface area (Å²) in [6.45, 7) is 2.69. The lowest BCUT2D eigenvalue weighted by molar-refractivity contribution is -0.158. The standard InChI is InChI=1S/C21H26BrNO6/c1-13(2)23(11-19(25)26)20(27)16-5-3-4-6-17(16)21(28)29-12-18(24)14-7-9-15(22)10-8-14/h7-10,13,16-17H,3-6,11-12H2,1-2H3,(H,25,26)/t16-,17+/m1/s1. The number of hydrogen-bond donors (Lipinski definition) is 1. The SMILES string of the molecule is CC(C)N(CC(=O)O)C(=O)[C@@H]1CCCC[C@@H]1C(=O)OCC(=O)c1ccc(Br)cc1. The number of Topliss-reactive ketones (excluding diaryl/α,β-unsaturated/α-hetero) is 1. The van der Waals surface area contributed by atoms with Crippen LogP contribution in [0.1, 0.15) is 49.9 Å². The molecule has 8 heteroatoms. The Morgan fingerprint density at radius 2 is 1.69 bits per heavy atom. The third kappa shape index (κ3) is 6.39. The van der Waals surface area contributed by atoms with Crippen LogP contribution in [0.5, 0.6) is 0 Å². The Hall–Kier alpha value is -2.22. The van der Waals surface area contributed by atoms with Gasteiger partial charge in [-0.05, 0) is 38.8 Å². The van der Waals surface area contributed by atoms with E-state index >= 15 is 0 Å². The molecule has 29 heavy (non-hydrogen) atoms. The average Bonchev–Trinajstić information content (AvgIpc) is 2.69. The van der Waals surface area contributed by atoms with Gasteiger partial charge in [-0.2, -0.15) is 0 Å². The van der Waals surface area contributed by atoms with Crippen molar-refractivity contribution < 1.29 is 29.0 Å². The molecule has 0 heterocycles. The Balaban J connectivity index is 2.04. The van der Waals surface area contributed by atoms with E-state index in [9.17, 15) is 19.2 Å². The topological polar surface area (TPSA) is 101 Å². The molecule has 1 amide bonds. The van der Waals surface area contributed by atoms with Gasteiger partial charge < -0.3 is 14.7 Å². The number of hydrogen-bond acceptors (Lipinski definition) is 5. The molecule has 0 unspecified atom stereocenters. The van der Waals surface area contributed by atoms with Crippen molar-refractivity contribution in [1.29, 1.82) is 0 Å². The Morgan fingerprint density at radius 1 is 1.10 bits per heavy atom. The quantitative estimate of drug-likeness (QED) is 0.464. The van der Waals surface area contributed by atoms with Crippen LogP contribution in [0.4, 0.5) is 0 Å². The van der Waals surface area contributed by atoms with E-state index in [4.69, 9.17) is 9.84 Å². The minimum Gasteiger partial charge on any atom is -0.480 e. The summed E-state index contributed by atoms with van der Waals surface area (Å²) >= 11 is 3.30. The second-order valence-corrected chi connectivity index (χ2v) is 8.40. The lowest BCUT2D eigenvalue weighted by atomic mass is 9.78. The first-order valence-electron chi connectivity index (χ1n) is 9.68. The number of aliphatic carboxylic acids is 1. The molecule has 1 aliphatic rings. The summed E-state index contributed by atoms with van der Waals surface area (Å²) in [7, 11) is 0. The maximum absolute atomic E-state index is 13.0. The highest BCUT2D eigenvalue weighted by Gasteiger charge is 2.40. The van der Waals surface area contributed by atoms with Crippen molar-refractivity contribution in [2.24, 2.45) is 11.8 Å². The first kappa shape index (κ1) is 23.1. The van der Waals surface area contributed by atoms with Crippen molar-refractivity contribution in [3.63, 3.8) is 0 Å². The van der Waals surface area contributed by atoms with Crippen LogP contribution in [-0.2, 0) is 19.1 Å². The molecule has 0 bridgehead atoms. The van der Waals surface area contributed by atoms with Gasteiger partial charge in [0, 0.05) is 16.1 Å². The molecule has 0 aromatic heterocycles. The molecule has 1 aromatic carbocycles. The van der Waals surface area contributed by atoms with E-state index in [1.54, 1.807) is 38.1 Å². The molecule has 0 spiro atoms. The van der Waals surface area contributed by atoms with E-state index in [-0.39, 0.29) is 24.3 Å². The van der Waals surface area contributed by atoms with Gasteiger partial charge in [0.05, 0.1) is 11.8 Å². The predicted molar refractivity (Wildman–Crippen MR) is 109 cm³/mol. The minimum atomic E-state index is -1.10. The summed E-state index contributed by atoms with van der Waals surface area (Å²) in [5.74, 6) is -3.62. The molecular weight excluding hydrogens is 442 g/mol. The van der Waals surface area contributed by atoms with Gasteiger partial charge in [-0.3, -0.25) is 19.2 Å². The van der Waals surface area contributed by atoms with Crippen LogP contribution in [0.25, 0.3) is 0 Å². The molecule has 0 aliphatic heterocycles. The van der Waals surface area contributed by atoms with Gasteiger partial charge in [0.15, 0.2) is 12.4 Å². The van der Waals surface area contributed by atoms with E-state index in [2.05, 4.69) is 15.9 Å². The molecule has 0 radical (unpaired) electrons. The minimum absolute atomic E-state index is 0.295. The van der Waals surface area contributed by atoms with Crippen molar-refractivity contribution >= 4 is 39.6 Å². The maximum atomic E-state index is 13.0. The second kappa shape index (κ2) is 10.5. The van der Waals surface area contributed by atoms with Gasteiger partial charge in [-0.15, -0.1) is 0 Å². The number of carboxylic acid groups (broad SMARTS) is 1. The number of nitrogens with zero attached hydrogens (tertiary/aromatic N) is 1. The van der Waals surface area contributed by atoms with E-state index in [0.29, 0.717) is 18.4 Å². The normalized spacial score (nSPS) is 18.9. The lowest BCUT2D eigenvalue weighted by Gasteiger charge is -2.34. The molecule has 2 rings (SSSR count). The molecule has 1 fully saturated rings. The Morgan fingerprint density at radius 3 is 2.24 bits per heavy atom. The molecule has 2 atom stereocenters. The van der Waals surface area contributed by atoms with E-state index in [1.807, 2.05) is 0 Å². The first-order valence-corrected chi connectivity index (χ1v) is 10.5. The van der Waals surface area contributed by atoms with Crippen LogP contribution in [0.3, 0.4) is 0 Å². The van der Waals surface area contributed by atoms with Crippen LogP contribution in [0.2, 0.25) is 0 Å². The number of ketones is 1. The van der Waals surface area contributed by atoms with Crippen LogP contribution in [0.15, 0.2) is 28.7 Å². The van der Waals surface area contributed by atoms with Crippen molar-refractivity contribution in [2.75, 3.05) is 13.2 Å². The molecule has 1 N–H and O–H groups in total. The van der Waals surface area contributed by atoms with E-state index < -0.39 is 30.3 Å². The van der Waals surface area contributed by atoms with E-state index in [1.165, 1.54) is 4.90 Å². The van der Waals surface area contributed by atoms with Gasteiger partial charge in [-0.1, -0.05) is 40.9 Å². The summed E-state index contributed by atoms with van der Waals surface area (Å²) in [4.78, 5) is 50.3. The fourth-order valence-electron chi connectivity index (χ4n) is 3.55. The van der Waals surface area contributed by atoms with Crippen molar-refractivity contribution in [3.05, 3.63) is 34.3 Å². The first-order chi connectivity index (χ1) is 13.7. The zero-order chi connectivity index (χ0) is 21.6. The number of esters is 1. The highest BCUT2D eigenvalue weighted by atomic mass is 79.9. The molecule has 7 nitrogen and oxygen atoms in total. The van der Waals surface area contributed by atoms with Gasteiger partial charge >= 0.3 is 11.9 Å². The summed E-state index contributed by atoms with van der Waals surface area (Å²) in [5.41, 5.74) is 0.435. The highest BCUT2D eigenvalue weighted by Crippen LogP contribution is 2.33. The van der Waals surface area contributed by atoms with Gasteiger partial charge in [0.2, 0.25) is 5.91 Å². The maximum Gasteiger partial charge on any atom is 0.323 e. The second-order valence-electron chi connectivity index (χ2n) is 7.49. The fourth-order valence-corrected chi connectivity index (χ4v) is 3.81. The number of rotatable bonds is 8. The van der Waals surface area contributed by atoms with Crippen LogP contribution in [-0.4, -0.2) is 52.8 Å². The zero-order valence-electron chi connectivity index (χ0n) is 16.6. The molecule has 0 saturated heterocycles. The number of carbonyl (C=O) groups is 4. The number of benzene rings is 1. The largest absolute Gasteiger partial charge is 0.480 e. The average molecular weight is 468 g/mol. The van der Waals surface area contributed by atoms with Crippen molar-refractivity contribution in [1.82, 2.24) is 4.90 Å². The van der Waals surface area contributed by atoms with Gasteiger partial charge in [0.1, 0.15) is 6.54 Å². The molecule has 1 saturated carbocycles. The van der Waals surface area contributed by atoms with Crippen molar-refractivity contribution in [3.8, 4) is 0 Å². The summed E-state index contributed by atoms with van der Waals surface area (Å²) < 4.78 is 6.08. The predicted octanol–water partition coefficient (Wildman–Crippen LogP) is 3.30. The fraction of sp³-hybridized carbons (Fsp3) is 0.524. The van der Waals surface area contributed by atoms with Crippen molar-refractivity contribution in [2.45, 2.75) is 45.6 Å². The van der Waals surface area contributed by atoms with Crippen LogP contribution in [0, 0.1) is 11.8 Å². The third-order valence-electron chi connectivity index (χ3n) is 5.11. The Labute approximate surface area is 178 Å². The molecule has 1 aromatic rings. The lowest BCUT2D eigenvalue weighted by Crippen LogP contribution is -2.47. The molecule has 158 valence electrons. The number of ether oxygens (including phenoxy) is 1. The third-order valence-corrected chi connectivity index (χ3v) is 5.64. The Kier molecular flexibility index (Phi) is 8.37. The Bertz CT molecular complexity index is 761. The summed E-state index contributed by atoms with van der Waals surface area (Å²) in [6, 6.07) is 6.44. The number of carboxylic acids is 1. The number of amides is 1. The monoisotopic (exact) mass is 467 g/mol. The molecular formula is C21H26BrNO6. The van der Waals surface area contributed by atoms with Gasteiger partial charge in [0.25, 0.3) is 0 Å². The summed E-state index contributed by atoms with van der Waals surface area (Å²) in [6.07, 6.45) is 2.56. The zero-order valence-corrected chi connectivity index (χ0v) is 18.2. The smallest absolute Gasteiger partial charge is 0.323 e. The number of halogens is 1. The van der Waals surface area contributed by atoms with E-state index in [0.717, 1.165) is 17.3 Å². The van der Waals surface area contributed by atoms with Crippen LogP contribution >= 0.6 is 15.9 Å². The molecule has 1 aliphatic carbocycles. The van der Waals surface area contributed by atoms with Gasteiger partial charge in [-0.25, -0.2) is 0 Å². The highest BCUT2D eigenvalue weighted by molar-refractivity contribution is 9.10. The van der Waals surface area contributed by atoms with Crippen LogP contribution < -0.4 is 0 Å². The summed E-state index contributed by atoms with van der Waals surface area (Å²) in [5, 5.41) is 9.10.